The number of carbonyl (C=O) groups is 3. The van der Waals surface area contributed by atoms with Crippen molar-refractivity contribution in [1.29, 1.82) is 0 Å². The van der Waals surface area contributed by atoms with Crippen molar-refractivity contribution in [2.75, 3.05) is 0 Å². The molecule has 0 aliphatic heterocycles. The number of hydrazine groups is 1. The Morgan fingerprint density at radius 3 is 2.03 bits per heavy atom. The Morgan fingerprint density at radius 1 is 0.806 bits per heavy atom. The summed E-state index contributed by atoms with van der Waals surface area (Å²) in [6.45, 7) is 0.166. The summed E-state index contributed by atoms with van der Waals surface area (Å²) in [4.78, 5) is 50.3. The normalized spacial score (nSPS) is 11.4. The fraction of sp³-hybridized carbons (Fsp3) is 0.115. The van der Waals surface area contributed by atoms with Gasteiger partial charge >= 0.3 is 6.03 Å². The first kappa shape index (κ1) is 24.1. The summed E-state index contributed by atoms with van der Waals surface area (Å²) in [5, 5.41) is 7.32. The molecule has 0 saturated carbocycles. The van der Waals surface area contributed by atoms with E-state index in [1.54, 1.807) is 48.5 Å². The van der Waals surface area contributed by atoms with Gasteiger partial charge in [0.15, 0.2) is 5.69 Å². The second kappa shape index (κ2) is 11.0. The summed E-state index contributed by atoms with van der Waals surface area (Å²) < 4.78 is 1.21. The molecule has 4 aromatic rings. The van der Waals surface area contributed by atoms with Crippen LogP contribution in [0.3, 0.4) is 0 Å². The summed E-state index contributed by atoms with van der Waals surface area (Å²) in [7, 11) is 0. The molecule has 4 amide bonds. The molecule has 10 nitrogen and oxygen atoms in total. The van der Waals surface area contributed by atoms with Gasteiger partial charge in [-0.25, -0.2) is 9.48 Å². The van der Waals surface area contributed by atoms with Crippen molar-refractivity contribution in [1.82, 2.24) is 25.9 Å². The Labute approximate surface area is 206 Å². The van der Waals surface area contributed by atoms with E-state index in [0.29, 0.717) is 10.8 Å². The number of primary amides is 1. The van der Waals surface area contributed by atoms with Crippen LogP contribution in [0.1, 0.15) is 21.6 Å². The Kier molecular flexibility index (Phi) is 7.35. The molecule has 5 N–H and O–H groups in total. The number of amides is 4. The predicted octanol–water partition coefficient (Wildman–Crippen LogP) is 1.49. The van der Waals surface area contributed by atoms with E-state index in [9.17, 15) is 19.2 Å². The molecule has 1 aromatic heterocycles. The number of nitrogens with one attached hydrogen (secondary N) is 3. The van der Waals surface area contributed by atoms with E-state index in [2.05, 4.69) is 21.3 Å². The third-order valence-electron chi connectivity index (χ3n) is 5.47. The van der Waals surface area contributed by atoms with Gasteiger partial charge in [-0.3, -0.25) is 25.2 Å². The molecule has 0 radical (unpaired) electrons. The van der Waals surface area contributed by atoms with E-state index in [1.165, 1.54) is 4.68 Å². The second-order valence-electron chi connectivity index (χ2n) is 8.04. The fourth-order valence-corrected chi connectivity index (χ4v) is 3.76. The van der Waals surface area contributed by atoms with Crippen LogP contribution in [0.4, 0.5) is 4.79 Å². The van der Waals surface area contributed by atoms with Crippen LogP contribution in [0.15, 0.2) is 89.7 Å². The number of nitrogens with zero attached hydrogens (tertiary/aromatic N) is 2. The molecule has 1 atom stereocenters. The monoisotopic (exact) mass is 484 g/mol. The average Bonchev–Trinajstić information content (AvgIpc) is 2.89. The van der Waals surface area contributed by atoms with Crippen LogP contribution in [0.25, 0.3) is 10.8 Å². The zero-order valence-corrected chi connectivity index (χ0v) is 19.2. The average molecular weight is 485 g/mol. The van der Waals surface area contributed by atoms with Crippen molar-refractivity contribution in [3.63, 3.8) is 0 Å². The molecule has 3 aromatic carbocycles. The van der Waals surface area contributed by atoms with Gasteiger partial charge in [0.25, 0.3) is 17.4 Å². The van der Waals surface area contributed by atoms with Crippen LogP contribution in [0.2, 0.25) is 0 Å². The van der Waals surface area contributed by atoms with Crippen molar-refractivity contribution in [3.05, 3.63) is 112 Å². The lowest BCUT2D eigenvalue weighted by Gasteiger charge is -2.18. The minimum atomic E-state index is -1.03. The quantitative estimate of drug-likeness (QED) is 0.293. The van der Waals surface area contributed by atoms with Gasteiger partial charge in [0.05, 0.1) is 11.9 Å². The van der Waals surface area contributed by atoms with Gasteiger partial charge in [-0.05, 0) is 17.2 Å². The summed E-state index contributed by atoms with van der Waals surface area (Å²) in [6.07, 6.45) is 0.161. The number of fused-ring (bicyclic) bond motifs is 1. The Balaban J connectivity index is 1.56. The van der Waals surface area contributed by atoms with Crippen molar-refractivity contribution in [3.8, 4) is 0 Å². The smallest absolute Gasteiger partial charge is 0.312 e. The molecule has 36 heavy (non-hydrogen) atoms. The van der Waals surface area contributed by atoms with Crippen molar-refractivity contribution in [2.45, 2.75) is 19.0 Å². The number of benzene rings is 3. The van der Waals surface area contributed by atoms with E-state index in [4.69, 9.17) is 5.73 Å². The minimum Gasteiger partial charge on any atom is -0.352 e. The first-order valence-electron chi connectivity index (χ1n) is 11.2. The highest BCUT2D eigenvalue weighted by atomic mass is 16.2. The fourth-order valence-electron chi connectivity index (χ4n) is 3.76. The maximum atomic E-state index is 13.1. The molecular formula is C26H24N6O4. The van der Waals surface area contributed by atoms with Crippen LogP contribution in [-0.4, -0.2) is 33.7 Å². The first-order valence-corrected chi connectivity index (χ1v) is 11.2. The lowest BCUT2D eigenvalue weighted by Crippen LogP contribution is -2.54. The van der Waals surface area contributed by atoms with Crippen molar-refractivity contribution >= 4 is 28.6 Å². The molecule has 0 aliphatic rings. The molecule has 0 bridgehead atoms. The van der Waals surface area contributed by atoms with Crippen LogP contribution in [0, 0.1) is 0 Å². The van der Waals surface area contributed by atoms with Crippen LogP contribution in [0.5, 0.6) is 0 Å². The zero-order valence-electron chi connectivity index (χ0n) is 19.2. The number of hydrogen-bond acceptors (Lipinski definition) is 5. The van der Waals surface area contributed by atoms with E-state index in [-0.39, 0.29) is 24.2 Å². The second-order valence-corrected chi connectivity index (χ2v) is 8.04. The van der Waals surface area contributed by atoms with Gasteiger partial charge in [-0.2, -0.15) is 5.10 Å². The maximum Gasteiger partial charge on any atom is 0.312 e. The highest BCUT2D eigenvalue weighted by molar-refractivity contribution is 6.05. The first-order chi connectivity index (χ1) is 17.4. The number of rotatable bonds is 7. The minimum absolute atomic E-state index is 0.0381. The Bertz CT molecular complexity index is 1450. The van der Waals surface area contributed by atoms with E-state index in [1.807, 2.05) is 36.4 Å². The molecule has 1 unspecified atom stereocenters. The predicted molar refractivity (Wildman–Crippen MR) is 134 cm³/mol. The molecule has 0 fully saturated rings. The molecule has 4 rings (SSSR count). The van der Waals surface area contributed by atoms with Gasteiger partial charge in [-0.1, -0.05) is 78.9 Å². The maximum absolute atomic E-state index is 13.1. The molecule has 1 heterocycles. The largest absolute Gasteiger partial charge is 0.352 e. The van der Waals surface area contributed by atoms with Crippen LogP contribution < -0.4 is 27.5 Å². The number of hydrogen-bond donors (Lipinski definition) is 4. The SMILES string of the molecule is NC(=O)NC(Cc1ccccc1)C(=O)NNC(=O)c1nn(Cc2ccccc2)c(=O)c2ccccc12. The van der Waals surface area contributed by atoms with Gasteiger partial charge in [-0.15, -0.1) is 0 Å². The third-order valence-corrected chi connectivity index (χ3v) is 5.47. The lowest BCUT2D eigenvalue weighted by molar-refractivity contribution is -0.123. The summed E-state index contributed by atoms with van der Waals surface area (Å²) in [5.41, 5.74) is 11.1. The van der Waals surface area contributed by atoms with Crippen LogP contribution in [-0.2, 0) is 17.8 Å². The Morgan fingerprint density at radius 2 is 1.39 bits per heavy atom. The van der Waals surface area contributed by atoms with Gasteiger partial charge in [0.2, 0.25) is 0 Å². The molecule has 0 aliphatic carbocycles. The van der Waals surface area contributed by atoms with E-state index >= 15 is 0 Å². The number of urea groups is 1. The summed E-state index contributed by atoms with van der Waals surface area (Å²) >= 11 is 0. The molecule has 0 spiro atoms. The van der Waals surface area contributed by atoms with E-state index in [0.717, 1.165) is 11.1 Å². The highest BCUT2D eigenvalue weighted by Crippen LogP contribution is 2.14. The number of carbonyl (C=O) groups excluding carboxylic acids is 3. The van der Waals surface area contributed by atoms with Gasteiger partial charge in [0, 0.05) is 11.8 Å². The lowest BCUT2D eigenvalue weighted by atomic mass is 10.1. The number of aromatic nitrogens is 2. The Hall–Kier alpha value is -4.99. The zero-order chi connectivity index (χ0) is 25.5. The summed E-state index contributed by atoms with van der Waals surface area (Å²) in [6, 6.07) is 23.0. The van der Waals surface area contributed by atoms with Crippen LogP contribution >= 0.6 is 0 Å². The topological polar surface area (TPSA) is 148 Å². The third kappa shape index (κ3) is 5.73. The van der Waals surface area contributed by atoms with E-state index < -0.39 is 23.9 Å². The van der Waals surface area contributed by atoms with Crippen molar-refractivity contribution < 1.29 is 14.4 Å². The van der Waals surface area contributed by atoms with Crippen molar-refractivity contribution in [2.24, 2.45) is 5.73 Å². The highest BCUT2D eigenvalue weighted by Gasteiger charge is 2.22. The number of nitrogens with two attached hydrogens (primary N) is 1. The van der Waals surface area contributed by atoms with Gasteiger partial charge in [0.1, 0.15) is 6.04 Å². The molecule has 0 saturated heterocycles. The standard InChI is InChI=1S/C26H24N6O4/c27-26(36)28-21(15-17-9-3-1-4-10-17)23(33)29-30-24(34)22-19-13-7-8-14-20(19)25(35)32(31-22)16-18-11-5-2-6-12-18/h1-14,21H,15-16H2,(H,29,33)(H,30,34)(H3,27,28,36). The molecule has 10 heteroatoms. The molecule has 182 valence electrons. The summed E-state index contributed by atoms with van der Waals surface area (Å²) in [5.74, 6) is -1.40. The van der Waals surface area contributed by atoms with Gasteiger partial charge < -0.3 is 11.1 Å². The molecular weight excluding hydrogens is 460 g/mol.